The summed E-state index contributed by atoms with van der Waals surface area (Å²) in [5.74, 6) is -2.50. The molecule has 0 radical (unpaired) electrons. The molecular weight excluding hydrogens is 279 g/mol. The lowest BCUT2D eigenvalue weighted by molar-refractivity contribution is -0.114. The number of hydrogen-bond donors (Lipinski definition) is 2. The van der Waals surface area contributed by atoms with Gasteiger partial charge in [-0.15, -0.1) is 0 Å². The summed E-state index contributed by atoms with van der Waals surface area (Å²) in [7, 11) is 0. The Labute approximate surface area is 118 Å². The molecule has 0 unspecified atom stereocenters. The Morgan fingerprint density at radius 1 is 1.38 bits per heavy atom. The molecule has 110 valence electrons. The van der Waals surface area contributed by atoms with E-state index in [0.717, 1.165) is 12.3 Å². The van der Waals surface area contributed by atoms with Crippen molar-refractivity contribution in [2.45, 2.75) is 20.4 Å². The third-order valence-electron chi connectivity index (χ3n) is 3.05. The number of aryl methyl sites for hydroxylation is 1. The molecule has 2 aromatic rings. The zero-order valence-corrected chi connectivity index (χ0v) is 11.4. The van der Waals surface area contributed by atoms with E-state index in [1.54, 1.807) is 6.92 Å². The second kappa shape index (κ2) is 5.35. The number of benzene rings is 1. The van der Waals surface area contributed by atoms with E-state index in [4.69, 9.17) is 5.11 Å². The number of nitrogens with zero attached hydrogens (tertiary/aromatic N) is 1. The minimum absolute atomic E-state index is 0.0289. The van der Waals surface area contributed by atoms with Crippen molar-refractivity contribution in [3.63, 3.8) is 0 Å². The Kier molecular flexibility index (Phi) is 3.75. The summed E-state index contributed by atoms with van der Waals surface area (Å²) in [5.41, 5.74) is -1.24. The van der Waals surface area contributed by atoms with Gasteiger partial charge in [0, 0.05) is 19.7 Å². The predicted octanol–water partition coefficient (Wildman–Crippen LogP) is 1.82. The maximum atomic E-state index is 14.0. The van der Waals surface area contributed by atoms with Gasteiger partial charge in [-0.1, -0.05) is 0 Å². The summed E-state index contributed by atoms with van der Waals surface area (Å²) in [5, 5.41) is 11.4. The van der Waals surface area contributed by atoms with Crippen molar-refractivity contribution in [3.05, 3.63) is 39.9 Å². The van der Waals surface area contributed by atoms with Crippen LogP contribution in [0.4, 0.5) is 10.1 Å². The third kappa shape index (κ3) is 2.49. The van der Waals surface area contributed by atoms with Crippen LogP contribution < -0.4 is 10.7 Å². The van der Waals surface area contributed by atoms with Gasteiger partial charge in [0.15, 0.2) is 0 Å². The molecule has 0 bridgehead atoms. The Balaban J connectivity index is 3.00. The first-order valence-electron chi connectivity index (χ1n) is 6.23. The number of amides is 1. The number of aromatic carboxylic acids is 1. The van der Waals surface area contributed by atoms with Crippen molar-refractivity contribution in [3.8, 4) is 0 Å². The van der Waals surface area contributed by atoms with Crippen molar-refractivity contribution in [1.82, 2.24) is 4.57 Å². The topological polar surface area (TPSA) is 88.4 Å². The number of nitrogens with one attached hydrogen (secondary N) is 1. The summed E-state index contributed by atoms with van der Waals surface area (Å²) >= 11 is 0. The summed E-state index contributed by atoms with van der Waals surface area (Å²) in [6.07, 6.45) is 1.10. The average molecular weight is 292 g/mol. The monoisotopic (exact) mass is 292 g/mol. The second-order valence-corrected chi connectivity index (χ2v) is 4.46. The number of anilines is 1. The summed E-state index contributed by atoms with van der Waals surface area (Å²) < 4.78 is 15.4. The maximum Gasteiger partial charge on any atom is 0.341 e. The highest BCUT2D eigenvalue weighted by Crippen LogP contribution is 2.24. The van der Waals surface area contributed by atoms with Gasteiger partial charge in [0.25, 0.3) is 0 Å². The Bertz CT molecular complexity index is 811. The van der Waals surface area contributed by atoms with E-state index < -0.39 is 28.7 Å². The molecule has 0 aliphatic heterocycles. The molecule has 0 saturated carbocycles. The van der Waals surface area contributed by atoms with Crippen molar-refractivity contribution >= 4 is 28.5 Å². The number of carbonyl (C=O) groups is 2. The molecule has 21 heavy (non-hydrogen) atoms. The fourth-order valence-electron chi connectivity index (χ4n) is 2.19. The van der Waals surface area contributed by atoms with E-state index in [-0.39, 0.29) is 23.1 Å². The lowest BCUT2D eigenvalue weighted by atomic mass is 10.1. The van der Waals surface area contributed by atoms with E-state index in [2.05, 4.69) is 5.32 Å². The van der Waals surface area contributed by atoms with Crippen LogP contribution in [0, 0.1) is 5.82 Å². The van der Waals surface area contributed by atoms with Gasteiger partial charge in [0.2, 0.25) is 11.3 Å². The van der Waals surface area contributed by atoms with Crippen molar-refractivity contribution in [2.24, 2.45) is 0 Å². The van der Waals surface area contributed by atoms with Gasteiger partial charge in [-0.3, -0.25) is 9.59 Å². The number of carbonyl (C=O) groups excluding carboxylic acids is 1. The molecule has 6 nitrogen and oxygen atoms in total. The molecule has 0 spiro atoms. The first-order valence-corrected chi connectivity index (χ1v) is 6.23. The van der Waals surface area contributed by atoms with Crippen LogP contribution in [-0.2, 0) is 11.3 Å². The van der Waals surface area contributed by atoms with Crippen LogP contribution in [0.25, 0.3) is 10.9 Å². The number of hydrogen-bond acceptors (Lipinski definition) is 3. The molecular formula is C14H13FN2O4. The Morgan fingerprint density at radius 2 is 2.05 bits per heavy atom. The molecule has 0 aliphatic carbocycles. The number of pyridine rings is 1. The summed E-state index contributed by atoms with van der Waals surface area (Å²) in [6, 6.07) is 2.37. The molecule has 0 aliphatic rings. The standard InChI is InChI=1S/C14H13FN2O4/c1-3-17-6-8(14(20)21)13(19)11-10(16-7(2)18)5-4-9(15)12(11)17/h4-6H,3H2,1-2H3,(H,16,18)(H,20,21). The minimum atomic E-state index is -1.40. The molecule has 2 rings (SSSR count). The van der Waals surface area contributed by atoms with Crippen LogP contribution in [0.1, 0.15) is 24.2 Å². The second-order valence-electron chi connectivity index (χ2n) is 4.46. The largest absolute Gasteiger partial charge is 0.477 e. The van der Waals surface area contributed by atoms with Gasteiger partial charge in [-0.25, -0.2) is 9.18 Å². The first kappa shape index (κ1) is 14.7. The molecule has 0 fully saturated rings. The highest BCUT2D eigenvalue weighted by atomic mass is 19.1. The summed E-state index contributed by atoms with van der Waals surface area (Å²) in [6.45, 7) is 3.21. The van der Waals surface area contributed by atoms with E-state index in [9.17, 15) is 18.8 Å². The highest BCUT2D eigenvalue weighted by Gasteiger charge is 2.19. The van der Waals surface area contributed by atoms with E-state index in [0.29, 0.717) is 0 Å². The lowest BCUT2D eigenvalue weighted by Gasteiger charge is -2.14. The van der Waals surface area contributed by atoms with Gasteiger partial charge < -0.3 is 15.0 Å². The van der Waals surface area contributed by atoms with Crippen molar-refractivity contribution in [1.29, 1.82) is 0 Å². The molecule has 0 saturated heterocycles. The molecule has 7 heteroatoms. The maximum absolute atomic E-state index is 14.0. The number of carboxylic acid groups (broad SMARTS) is 1. The number of aromatic nitrogens is 1. The average Bonchev–Trinajstić information content (AvgIpc) is 2.41. The Morgan fingerprint density at radius 3 is 2.57 bits per heavy atom. The van der Waals surface area contributed by atoms with Crippen molar-refractivity contribution < 1.29 is 19.1 Å². The molecule has 1 amide bonds. The number of carboxylic acids is 1. The number of halogens is 1. The third-order valence-corrected chi connectivity index (χ3v) is 3.05. The number of rotatable bonds is 3. The highest BCUT2D eigenvalue weighted by molar-refractivity contribution is 6.02. The van der Waals surface area contributed by atoms with Crippen LogP contribution >= 0.6 is 0 Å². The predicted molar refractivity (Wildman–Crippen MR) is 75.1 cm³/mol. The van der Waals surface area contributed by atoms with Crippen LogP contribution in [0.5, 0.6) is 0 Å². The fraction of sp³-hybridized carbons (Fsp3) is 0.214. The van der Waals surface area contributed by atoms with Gasteiger partial charge in [-0.2, -0.15) is 0 Å². The van der Waals surface area contributed by atoms with E-state index in [1.165, 1.54) is 17.6 Å². The molecule has 1 aromatic heterocycles. The van der Waals surface area contributed by atoms with Crippen molar-refractivity contribution in [2.75, 3.05) is 5.32 Å². The van der Waals surface area contributed by atoms with Crippen LogP contribution in [0.15, 0.2) is 23.1 Å². The minimum Gasteiger partial charge on any atom is -0.477 e. The smallest absolute Gasteiger partial charge is 0.341 e. The van der Waals surface area contributed by atoms with Crippen LogP contribution in [0.3, 0.4) is 0 Å². The van der Waals surface area contributed by atoms with Gasteiger partial charge >= 0.3 is 5.97 Å². The first-order chi connectivity index (χ1) is 9.86. The summed E-state index contributed by atoms with van der Waals surface area (Å²) in [4.78, 5) is 34.6. The van der Waals surface area contributed by atoms with E-state index in [1.807, 2.05) is 0 Å². The zero-order chi connectivity index (χ0) is 15.7. The SMILES string of the molecule is CCn1cc(C(=O)O)c(=O)c2c(NC(C)=O)ccc(F)c21. The van der Waals surface area contributed by atoms with E-state index >= 15 is 0 Å². The van der Waals surface area contributed by atoms with Gasteiger partial charge in [0.05, 0.1) is 16.6 Å². The molecule has 2 N–H and O–H groups in total. The Hall–Kier alpha value is -2.70. The normalized spacial score (nSPS) is 10.6. The van der Waals surface area contributed by atoms with Crippen LogP contribution in [0.2, 0.25) is 0 Å². The number of fused-ring (bicyclic) bond motifs is 1. The quantitative estimate of drug-likeness (QED) is 0.903. The van der Waals surface area contributed by atoms with Gasteiger partial charge in [0.1, 0.15) is 11.4 Å². The molecule has 1 aromatic carbocycles. The fourth-order valence-corrected chi connectivity index (χ4v) is 2.19. The van der Waals surface area contributed by atoms with Crippen LogP contribution in [-0.4, -0.2) is 21.6 Å². The lowest BCUT2D eigenvalue weighted by Crippen LogP contribution is -2.21. The van der Waals surface area contributed by atoms with Gasteiger partial charge in [-0.05, 0) is 19.1 Å². The molecule has 1 heterocycles. The molecule has 0 atom stereocenters. The zero-order valence-electron chi connectivity index (χ0n) is 11.4.